The van der Waals surface area contributed by atoms with Crippen LogP contribution in [0, 0.1) is 0 Å². The predicted octanol–water partition coefficient (Wildman–Crippen LogP) is 2.54. The predicted molar refractivity (Wildman–Crippen MR) is 83.2 cm³/mol. The zero-order valence-electron chi connectivity index (χ0n) is 11.7. The topological polar surface area (TPSA) is 32.8 Å². The first kappa shape index (κ1) is 15.1. The van der Waals surface area contributed by atoms with Gasteiger partial charge in [-0.15, -0.1) is 0 Å². The van der Waals surface area contributed by atoms with Gasteiger partial charge >= 0.3 is 0 Å². The Morgan fingerprint density at radius 2 is 1.95 bits per heavy atom. The zero-order chi connectivity index (χ0) is 14.8. The molecule has 1 aromatic rings. The molecule has 0 aromatic heterocycles. The van der Waals surface area contributed by atoms with Crippen LogP contribution in [0.2, 0.25) is 10.0 Å². The van der Waals surface area contributed by atoms with Gasteiger partial charge in [0.2, 0.25) is 0 Å². The van der Waals surface area contributed by atoms with Crippen molar-refractivity contribution in [3.8, 4) is 0 Å². The largest absolute Gasteiger partial charge is 0.379 e. The molecule has 6 heteroatoms. The molecular formula is C15H18Cl2N2O2. The molecule has 3 rings (SSSR count). The molecule has 4 nitrogen and oxygen atoms in total. The summed E-state index contributed by atoms with van der Waals surface area (Å²) in [6.45, 7) is 5.02. The van der Waals surface area contributed by atoms with Gasteiger partial charge in [0.1, 0.15) is 0 Å². The van der Waals surface area contributed by atoms with Crippen LogP contribution in [0.3, 0.4) is 0 Å². The van der Waals surface area contributed by atoms with E-state index >= 15 is 0 Å². The molecule has 0 aliphatic carbocycles. The first-order chi connectivity index (χ1) is 10.1. The number of hydrogen-bond donors (Lipinski definition) is 0. The van der Waals surface area contributed by atoms with Crippen LogP contribution in [0.25, 0.3) is 0 Å². The molecule has 21 heavy (non-hydrogen) atoms. The summed E-state index contributed by atoms with van der Waals surface area (Å²) in [6.07, 6.45) is 1.01. The maximum atomic E-state index is 12.6. The smallest absolute Gasteiger partial charge is 0.255 e. The van der Waals surface area contributed by atoms with Crippen LogP contribution in [-0.2, 0) is 4.74 Å². The first-order valence-corrected chi connectivity index (χ1v) is 7.97. The SMILES string of the molecule is O=C(c1ccc(Cl)cc1Cl)N1CCC(N2CCOCC2)C1. The fourth-order valence-corrected chi connectivity index (χ4v) is 3.49. The third-order valence-electron chi connectivity index (χ3n) is 4.17. The molecule has 0 saturated carbocycles. The van der Waals surface area contributed by atoms with Gasteiger partial charge in [-0.1, -0.05) is 23.2 Å². The van der Waals surface area contributed by atoms with E-state index in [1.54, 1.807) is 18.2 Å². The number of hydrogen-bond acceptors (Lipinski definition) is 3. The van der Waals surface area contributed by atoms with Gasteiger partial charge in [0, 0.05) is 37.2 Å². The summed E-state index contributed by atoms with van der Waals surface area (Å²) in [5, 5.41) is 0.964. The van der Waals surface area contributed by atoms with Crippen molar-refractivity contribution < 1.29 is 9.53 Å². The van der Waals surface area contributed by atoms with E-state index in [-0.39, 0.29) is 5.91 Å². The number of halogens is 2. The highest BCUT2D eigenvalue weighted by atomic mass is 35.5. The lowest BCUT2D eigenvalue weighted by Gasteiger charge is -2.32. The molecule has 2 fully saturated rings. The molecule has 2 heterocycles. The summed E-state index contributed by atoms with van der Waals surface area (Å²) in [4.78, 5) is 16.9. The quantitative estimate of drug-likeness (QED) is 0.836. The standard InChI is InChI=1S/C15H18Cl2N2O2/c16-11-1-2-13(14(17)9-11)15(20)19-4-3-12(10-19)18-5-7-21-8-6-18/h1-2,9,12H,3-8,10H2. The molecular weight excluding hydrogens is 311 g/mol. The van der Waals surface area contributed by atoms with E-state index in [4.69, 9.17) is 27.9 Å². The van der Waals surface area contributed by atoms with Crippen LogP contribution in [0.1, 0.15) is 16.8 Å². The summed E-state index contributed by atoms with van der Waals surface area (Å²) in [5.41, 5.74) is 0.531. The van der Waals surface area contributed by atoms with Crippen molar-refractivity contribution in [2.24, 2.45) is 0 Å². The lowest BCUT2D eigenvalue weighted by Crippen LogP contribution is -2.45. The van der Waals surface area contributed by atoms with Gasteiger partial charge < -0.3 is 9.64 Å². The number of ether oxygens (including phenoxy) is 1. The minimum absolute atomic E-state index is 0.00701. The summed E-state index contributed by atoms with van der Waals surface area (Å²) in [7, 11) is 0. The Balaban J connectivity index is 1.66. The Labute approximate surface area is 134 Å². The van der Waals surface area contributed by atoms with Crippen LogP contribution in [0.15, 0.2) is 18.2 Å². The highest BCUT2D eigenvalue weighted by Gasteiger charge is 2.32. The van der Waals surface area contributed by atoms with E-state index in [0.717, 1.165) is 45.8 Å². The van der Waals surface area contributed by atoms with Crippen molar-refractivity contribution in [2.45, 2.75) is 12.5 Å². The average molecular weight is 329 g/mol. The fourth-order valence-electron chi connectivity index (χ4n) is 3.00. The van der Waals surface area contributed by atoms with Crippen LogP contribution >= 0.6 is 23.2 Å². The van der Waals surface area contributed by atoms with E-state index in [0.29, 0.717) is 21.7 Å². The van der Waals surface area contributed by atoms with E-state index in [1.165, 1.54) is 0 Å². The van der Waals surface area contributed by atoms with Crippen LogP contribution < -0.4 is 0 Å². The maximum Gasteiger partial charge on any atom is 0.255 e. The van der Waals surface area contributed by atoms with Gasteiger partial charge in [0.05, 0.1) is 23.8 Å². The van der Waals surface area contributed by atoms with Crippen molar-refractivity contribution in [2.75, 3.05) is 39.4 Å². The van der Waals surface area contributed by atoms with Crippen molar-refractivity contribution in [1.82, 2.24) is 9.80 Å². The van der Waals surface area contributed by atoms with Crippen LogP contribution in [0.5, 0.6) is 0 Å². The number of nitrogens with zero attached hydrogens (tertiary/aromatic N) is 2. The molecule has 1 unspecified atom stereocenters. The lowest BCUT2D eigenvalue weighted by molar-refractivity contribution is 0.0185. The van der Waals surface area contributed by atoms with Gasteiger partial charge in [-0.2, -0.15) is 0 Å². The number of rotatable bonds is 2. The second-order valence-electron chi connectivity index (χ2n) is 5.47. The summed E-state index contributed by atoms with van der Waals surface area (Å²) in [5.74, 6) is -0.00701. The zero-order valence-corrected chi connectivity index (χ0v) is 13.2. The lowest BCUT2D eigenvalue weighted by atomic mass is 10.2. The molecule has 114 valence electrons. The Hall–Kier alpha value is -0.810. The average Bonchev–Trinajstić information content (AvgIpc) is 2.97. The van der Waals surface area contributed by atoms with Gasteiger partial charge in [0.25, 0.3) is 5.91 Å². The van der Waals surface area contributed by atoms with Crippen LogP contribution in [0.4, 0.5) is 0 Å². The van der Waals surface area contributed by atoms with Gasteiger partial charge in [0.15, 0.2) is 0 Å². The fraction of sp³-hybridized carbons (Fsp3) is 0.533. The molecule has 1 aromatic carbocycles. The van der Waals surface area contributed by atoms with Crippen LogP contribution in [-0.4, -0.2) is 61.1 Å². The first-order valence-electron chi connectivity index (χ1n) is 7.21. The molecule has 0 radical (unpaired) electrons. The van der Waals surface area contributed by atoms with Gasteiger partial charge in [-0.25, -0.2) is 0 Å². The minimum atomic E-state index is -0.00701. The van der Waals surface area contributed by atoms with Crippen molar-refractivity contribution >= 4 is 29.1 Å². The van der Waals surface area contributed by atoms with Gasteiger partial charge in [-0.3, -0.25) is 9.69 Å². The molecule has 2 saturated heterocycles. The third-order valence-corrected chi connectivity index (χ3v) is 4.72. The second-order valence-corrected chi connectivity index (χ2v) is 6.31. The van der Waals surface area contributed by atoms with Crippen molar-refractivity contribution in [3.05, 3.63) is 33.8 Å². The number of benzene rings is 1. The number of likely N-dealkylation sites (tertiary alicyclic amines) is 1. The highest BCUT2D eigenvalue weighted by molar-refractivity contribution is 6.36. The molecule has 0 spiro atoms. The second kappa shape index (κ2) is 6.53. The Kier molecular flexibility index (Phi) is 4.69. The number of carbonyl (C=O) groups is 1. The van der Waals surface area contributed by atoms with E-state index in [1.807, 2.05) is 4.90 Å². The summed E-state index contributed by atoms with van der Waals surface area (Å²) < 4.78 is 5.38. The number of morpholine rings is 1. The third kappa shape index (κ3) is 3.34. The molecule has 1 atom stereocenters. The van der Waals surface area contributed by atoms with Crippen molar-refractivity contribution in [1.29, 1.82) is 0 Å². The van der Waals surface area contributed by atoms with E-state index in [2.05, 4.69) is 4.90 Å². The Bertz CT molecular complexity index is 532. The molecule has 2 aliphatic heterocycles. The Morgan fingerprint density at radius 1 is 1.19 bits per heavy atom. The maximum absolute atomic E-state index is 12.6. The molecule has 0 N–H and O–H groups in total. The van der Waals surface area contributed by atoms with E-state index in [9.17, 15) is 4.79 Å². The normalized spacial score (nSPS) is 23.5. The van der Waals surface area contributed by atoms with E-state index < -0.39 is 0 Å². The number of carbonyl (C=O) groups excluding carboxylic acids is 1. The minimum Gasteiger partial charge on any atom is -0.379 e. The number of amides is 1. The van der Waals surface area contributed by atoms with Gasteiger partial charge in [-0.05, 0) is 24.6 Å². The molecule has 1 amide bonds. The summed E-state index contributed by atoms with van der Waals surface area (Å²) >= 11 is 12.0. The highest BCUT2D eigenvalue weighted by Crippen LogP contribution is 2.25. The van der Waals surface area contributed by atoms with Crippen molar-refractivity contribution in [3.63, 3.8) is 0 Å². The summed E-state index contributed by atoms with van der Waals surface area (Å²) in [6, 6.07) is 5.46. The molecule has 0 bridgehead atoms. The Morgan fingerprint density at radius 3 is 2.67 bits per heavy atom. The molecule has 2 aliphatic rings. The monoisotopic (exact) mass is 328 g/mol.